The van der Waals surface area contributed by atoms with E-state index in [1.807, 2.05) is 0 Å². The van der Waals surface area contributed by atoms with Crippen LogP contribution in [0.3, 0.4) is 0 Å². The molecule has 0 atom stereocenters. The summed E-state index contributed by atoms with van der Waals surface area (Å²) >= 11 is 1.07. The van der Waals surface area contributed by atoms with Crippen LogP contribution in [0.15, 0.2) is 23.0 Å². The molecule has 136 valence electrons. The number of rotatable bonds is 5. The summed E-state index contributed by atoms with van der Waals surface area (Å²) in [6.07, 6.45) is 0. The van der Waals surface area contributed by atoms with Gasteiger partial charge in [0.15, 0.2) is 11.5 Å². The maximum atomic E-state index is 12.5. The smallest absolute Gasteiger partial charge is 0.265 e. The van der Waals surface area contributed by atoms with Crippen LogP contribution in [0.5, 0.6) is 17.2 Å². The number of aromatic nitrogens is 2. The number of carbonyl (C=O) groups excluding carboxylic acids is 1. The van der Waals surface area contributed by atoms with Gasteiger partial charge in [-0.3, -0.25) is 14.6 Å². The van der Waals surface area contributed by atoms with Crippen molar-refractivity contribution >= 4 is 39.1 Å². The number of benzene rings is 1. The molecule has 3 aromatic rings. The van der Waals surface area contributed by atoms with Crippen LogP contribution in [-0.2, 0) is 0 Å². The highest BCUT2D eigenvalue weighted by Crippen LogP contribution is 2.40. The molecule has 9 nitrogen and oxygen atoms in total. The fourth-order valence-electron chi connectivity index (χ4n) is 2.41. The average Bonchev–Trinajstić information content (AvgIpc) is 3.05. The van der Waals surface area contributed by atoms with Crippen molar-refractivity contribution in [3.63, 3.8) is 0 Å². The Morgan fingerprint density at radius 3 is 2.38 bits per heavy atom. The number of thiophene rings is 1. The SMILES string of the molecule is COc1cc(NC(=O)c2cc3c(=O)[nH]c(N)nc3s2)cc(OC)c1OC. The lowest BCUT2D eigenvalue weighted by molar-refractivity contribution is 0.103. The van der Waals surface area contributed by atoms with Crippen LogP contribution in [-0.4, -0.2) is 37.2 Å². The van der Waals surface area contributed by atoms with E-state index in [-0.39, 0.29) is 5.95 Å². The molecule has 0 spiro atoms. The number of fused-ring (bicyclic) bond motifs is 1. The monoisotopic (exact) mass is 376 g/mol. The lowest BCUT2D eigenvalue weighted by atomic mass is 10.2. The molecule has 2 heterocycles. The Morgan fingerprint density at radius 1 is 1.15 bits per heavy atom. The molecule has 1 aromatic carbocycles. The fraction of sp³-hybridized carbons (Fsp3) is 0.188. The summed E-state index contributed by atoms with van der Waals surface area (Å²) in [5.41, 5.74) is 5.58. The molecule has 0 saturated carbocycles. The number of carbonyl (C=O) groups is 1. The number of hydrogen-bond acceptors (Lipinski definition) is 8. The van der Waals surface area contributed by atoms with E-state index >= 15 is 0 Å². The van der Waals surface area contributed by atoms with Gasteiger partial charge in [0.2, 0.25) is 11.7 Å². The molecule has 4 N–H and O–H groups in total. The fourth-order valence-corrected chi connectivity index (χ4v) is 3.34. The van der Waals surface area contributed by atoms with E-state index in [2.05, 4.69) is 15.3 Å². The first-order chi connectivity index (χ1) is 12.5. The van der Waals surface area contributed by atoms with Gasteiger partial charge in [-0.2, -0.15) is 0 Å². The van der Waals surface area contributed by atoms with Crippen molar-refractivity contribution in [3.8, 4) is 17.2 Å². The lowest BCUT2D eigenvalue weighted by Gasteiger charge is -2.14. The minimum atomic E-state index is -0.403. The van der Waals surface area contributed by atoms with Crippen LogP contribution in [0.25, 0.3) is 10.2 Å². The minimum Gasteiger partial charge on any atom is -0.493 e. The average molecular weight is 376 g/mol. The standard InChI is InChI=1S/C16H16N4O5S/c1-23-9-4-7(5-10(24-2)12(9)25-3)18-14(22)11-6-8-13(21)19-16(17)20-15(8)26-11/h4-6H,1-3H3,(H,18,22)(H3,17,19,20,21). The van der Waals surface area contributed by atoms with Gasteiger partial charge < -0.3 is 25.3 Å². The van der Waals surface area contributed by atoms with Gasteiger partial charge in [0.05, 0.1) is 31.6 Å². The van der Waals surface area contributed by atoms with E-state index in [4.69, 9.17) is 19.9 Å². The second-order valence-electron chi connectivity index (χ2n) is 5.15. The highest BCUT2D eigenvalue weighted by Gasteiger charge is 2.17. The van der Waals surface area contributed by atoms with Crippen LogP contribution >= 0.6 is 11.3 Å². The zero-order valence-corrected chi connectivity index (χ0v) is 15.0. The Labute approximate surface area is 151 Å². The third-order valence-corrected chi connectivity index (χ3v) is 4.59. The molecule has 10 heteroatoms. The number of nitrogens with two attached hydrogens (primary N) is 1. The third-order valence-electron chi connectivity index (χ3n) is 3.57. The number of methoxy groups -OCH3 is 3. The number of nitrogen functional groups attached to an aromatic ring is 1. The largest absolute Gasteiger partial charge is 0.493 e. The molecule has 0 radical (unpaired) electrons. The van der Waals surface area contributed by atoms with Crippen molar-refractivity contribution in [1.82, 2.24) is 9.97 Å². The van der Waals surface area contributed by atoms with Crippen LogP contribution in [0.1, 0.15) is 9.67 Å². The summed E-state index contributed by atoms with van der Waals surface area (Å²) in [4.78, 5) is 31.6. The van der Waals surface area contributed by atoms with E-state index in [9.17, 15) is 9.59 Å². The Kier molecular flexibility index (Phi) is 4.67. The van der Waals surface area contributed by atoms with Gasteiger partial charge in [-0.05, 0) is 6.07 Å². The van der Waals surface area contributed by atoms with Crippen LogP contribution in [0.2, 0.25) is 0 Å². The number of H-pyrrole nitrogens is 1. The second kappa shape index (κ2) is 6.92. The first kappa shape index (κ1) is 17.5. The van der Waals surface area contributed by atoms with Gasteiger partial charge in [-0.25, -0.2) is 4.98 Å². The zero-order valence-electron chi connectivity index (χ0n) is 14.2. The highest BCUT2D eigenvalue weighted by molar-refractivity contribution is 7.20. The molecule has 0 aliphatic rings. The molecule has 0 unspecified atom stereocenters. The number of hydrogen-bond donors (Lipinski definition) is 3. The predicted octanol–water partition coefficient (Wildman–Crippen LogP) is 1.84. The number of ether oxygens (including phenoxy) is 3. The molecular weight excluding hydrogens is 360 g/mol. The highest BCUT2D eigenvalue weighted by atomic mass is 32.1. The topological polar surface area (TPSA) is 129 Å². The van der Waals surface area contributed by atoms with E-state index in [0.29, 0.717) is 38.0 Å². The van der Waals surface area contributed by atoms with E-state index < -0.39 is 11.5 Å². The van der Waals surface area contributed by atoms with Gasteiger partial charge in [-0.15, -0.1) is 11.3 Å². The van der Waals surface area contributed by atoms with Gasteiger partial charge in [-0.1, -0.05) is 0 Å². The summed E-state index contributed by atoms with van der Waals surface area (Å²) in [6, 6.07) is 4.68. The molecule has 0 aliphatic heterocycles. The lowest BCUT2D eigenvalue weighted by Crippen LogP contribution is -2.11. The summed E-state index contributed by atoms with van der Waals surface area (Å²) in [5.74, 6) is 0.830. The molecular formula is C16H16N4O5S. The van der Waals surface area contributed by atoms with Crippen molar-refractivity contribution in [2.24, 2.45) is 0 Å². The molecule has 26 heavy (non-hydrogen) atoms. The van der Waals surface area contributed by atoms with E-state index in [1.165, 1.54) is 27.4 Å². The Bertz CT molecular complexity index is 1020. The van der Waals surface area contributed by atoms with Gasteiger partial charge in [0.1, 0.15) is 4.83 Å². The predicted molar refractivity (Wildman–Crippen MR) is 98.7 cm³/mol. The summed E-state index contributed by atoms with van der Waals surface area (Å²) in [5, 5.41) is 3.04. The first-order valence-electron chi connectivity index (χ1n) is 7.37. The normalized spacial score (nSPS) is 10.6. The molecule has 2 aromatic heterocycles. The van der Waals surface area contributed by atoms with Crippen LogP contribution < -0.4 is 30.8 Å². The molecule has 3 rings (SSSR count). The minimum absolute atomic E-state index is 0.000866. The van der Waals surface area contributed by atoms with Crippen molar-refractivity contribution in [2.45, 2.75) is 0 Å². The van der Waals surface area contributed by atoms with Crippen molar-refractivity contribution in [3.05, 3.63) is 33.4 Å². The van der Waals surface area contributed by atoms with E-state index in [1.54, 1.807) is 12.1 Å². The molecule has 0 aliphatic carbocycles. The molecule has 0 saturated heterocycles. The molecule has 0 bridgehead atoms. The third kappa shape index (κ3) is 3.14. The number of aromatic amines is 1. The van der Waals surface area contributed by atoms with Gasteiger partial charge in [0.25, 0.3) is 11.5 Å². The number of anilines is 2. The van der Waals surface area contributed by atoms with Crippen molar-refractivity contribution in [2.75, 3.05) is 32.4 Å². The number of nitrogens with one attached hydrogen (secondary N) is 2. The maximum Gasteiger partial charge on any atom is 0.265 e. The van der Waals surface area contributed by atoms with E-state index in [0.717, 1.165) is 11.3 Å². The Hall–Kier alpha value is -3.27. The van der Waals surface area contributed by atoms with Crippen LogP contribution in [0, 0.1) is 0 Å². The Morgan fingerprint density at radius 2 is 1.81 bits per heavy atom. The molecule has 0 fully saturated rings. The molecule has 1 amide bonds. The van der Waals surface area contributed by atoms with Crippen LogP contribution in [0.4, 0.5) is 11.6 Å². The van der Waals surface area contributed by atoms with Gasteiger partial charge in [0, 0.05) is 17.8 Å². The van der Waals surface area contributed by atoms with Gasteiger partial charge >= 0.3 is 0 Å². The second-order valence-corrected chi connectivity index (χ2v) is 6.18. The number of amides is 1. The van der Waals surface area contributed by atoms with Crippen molar-refractivity contribution < 1.29 is 19.0 Å². The maximum absolute atomic E-state index is 12.5. The first-order valence-corrected chi connectivity index (χ1v) is 8.19. The summed E-state index contributed by atoms with van der Waals surface area (Å²) < 4.78 is 15.8. The van der Waals surface area contributed by atoms with Crippen molar-refractivity contribution in [1.29, 1.82) is 0 Å². The Balaban J connectivity index is 1.95. The summed E-state index contributed by atoms with van der Waals surface area (Å²) in [7, 11) is 4.46. The number of nitrogens with zero attached hydrogens (tertiary/aromatic N) is 1. The summed E-state index contributed by atoms with van der Waals surface area (Å²) in [6.45, 7) is 0. The zero-order chi connectivity index (χ0) is 18.8. The quantitative estimate of drug-likeness (QED) is 0.620.